The van der Waals surface area contributed by atoms with Crippen LogP contribution < -0.4 is 4.72 Å². The summed E-state index contributed by atoms with van der Waals surface area (Å²) in [4.78, 5) is 0.0952. The van der Waals surface area contributed by atoms with Crippen LogP contribution in [0.1, 0.15) is 0 Å². The van der Waals surface area contributed by atoms with Gasteiger partial charge in [0.05, 0.1) is 10.6 Å². The monoisotopic (exact) mass is 348 g/mol. The number of aryl methyl sites for hydroxylation is 1. The van der Waals surface area contributed by atoms with Crippen molar-refractivity contribution in [3.05, 3.63) is 59.9 Å². The molecular formula is C15H13ClN4O2S. The Bertz CT molecular complexity index is 953. The largest absolute Gasteiger partial charge is 0.317 e. The standard InChI is InChI=1S/C15H13ClN4O2S/c1-20-10-17-18-15(20)13-7-2-3-8-14(13)19-23(21,22)12-6-4-5-11(16)9-12/h2-10,19H,1H3. The number of nitrogens with one attached hydrogen (secondary N) is 1. The van der Waals surface area contributed by atoms with E-state index in [2.05, 4.69) is 14.9 Å². The Hall–Kier alpha value is -2.38. The van der Waals surface area contributed by atoms with E-state index in [0.29, 0.717) is 22.1 Å². The van der Waals surface area contributed by atoms with Gasteiger partial charge in [-0.15, -0.1) is 10.2 Å². The highest BCUT2D eigenvalue weighted by atomic mass is 35.5. The lowest BCUT2D eigenvalue weighted by Gasteiger charge is -2.12. The van der Waals surface area contributed by atoms with Gasteiger partial charge in [-0.2, -0.15) is 0 Å². The Balaban J connectivity index is 2.03. The summed E-state index contributed by atoms with van der Waals surface area (Å²) in [7, 11) is -1.96. The van der Waals surface area contributed by atoms with Gasteiger partial charge in [0.25, 0.3) is 10.0 Å². The van der Waals surface area contributed by atoms with E-state index in [-0.39, 0.29) is 4.90 Å². The highest BCUT2D eigenvalue weighted by molar-refractivity contribution is 7.92. The molecule has 23 heavy (non-hydrogen) atoms. The fraction of sp³-hybridized carbons (Fsp3) is 0.0667. The van der Waals surface area contributed by atoms with Gasteiger partial charge in [0, 0.05) is 17.6 Å². The quantitative estimate of drug-likeness (QED) is 0.786. The molecule has 3 aromatic rings. The van der Waals surface area contributed by atoms with Gasteiger partial charge in [0.15, 0.2) is 5.82 Å². The lowest BCUT2D eigenvalue weighted by molar-refractivity contribution is 0.601. The third kappa shape index (κ3) is 3.20. The van der Waals surface area contributed by atoms with Crippen molar-refractivity contribution in [1.29, 1.82) is 0 Å². The molecule has 3 rings (SSSR count). The van der Waals surface area contributed by atoms with Crippen LogP contribution in [0.15, 0.2) is 59.8 Å². The number of hydrogen-bond acceptors (Lipinski definition) is 4. The van der Waals surface area contributed by atoms with Crippen LogP contribution in [0.5, 0.6) is 0 Å². The Morgan fingerprint density at radius 1 is 1.13 bits per heavy atom. The molecule has 118 valence electrons. The average Bonchev–Trinajstić information content (AvgIpc) is 2.93. The van der Waals surface area contributed by atoms with Gasteiger partial charge in [0.1, 0.15) is 6.33 Å². The zero-order chi connectivity index (χ0) is 16.4. The van der Waals surface area contributed by atoms with Crippen LogP contribution in [0.3, 0.4) is 0 Å². The van der Waals surface area contributed by atoms with Crippen molar-refractivity contribution in [1.82, 2.24) is 14.8 Å². The molecule has 1 N–H and O–H groups in total. The first-order valence-electron chi connectivity index (χ1n) is 6.69. The summed E-state index contributed by atoms with van der Waals surface area (Å²) in [6, 6.07) is 13.1. The number of sulfonamides is 1. The number of hydrogen-bond donors (Lipinski definition) is 1. The van der Waals surface area contributed by atoms with Gasteiger partial charge in [-0.25, -0.2) is 8.42 Å². The zero-order valence-corrected chi connectivity index (χ0v) is 13.7. The van der Waals surface area contributed by atoms with E-state index in [9.17, 15) is 8.42 Å². The first-order chi connectivity index (χ1) is 11.0. The molecule has 0 spiro atoms. The summed E-state index contributed by atoms with van der Waals surface area (Å²) < 4.78 is 29.4. The fourth-order valence-electron chi connectivity index (χ4n) is 2.13. The molecule has 8 heteroatoms. The lowest BCUT2D eigenvalue weighted by Crippen LogP contribution is -2.14. The highest BCUT2D eigenvalue weighted by Crippen LogP contribution is 2.28. The second-order valence-corrected chi connectivity index (χ2v) is 6.99. The molecule has 2 aromatic carbocycles. The molecule has 0 amide bonds. The summed E-state index contributed by atoms with van der Waals surface area (Å²) in [6.45, 7) is 0. The Morgan fingerprint density at radius 3 is 2.61 bits per heavy atom. The second-order valence-electron chi connectivity index (χ2n) is 4.87. The number of rotatable bonds is 4. The van der Waals surface area contributed by atoms with Crippen LogP contribution in [0.25, 0.3) is 11.4 Å². The van der Waals surface area contributed by atoms with Gasteiger partial charge in [-0.1, -0.05) is 29.8 Å². The maximum Gasteiger partial charge on any atom is 0.261 e. The van der Waals surface area contributed by atoms with Crippen LogP contribution in [0.4, 0.5) is 5.69 Å². The SMILES string of the molecule is Cn1cnnc1-c1ccccc1NS(=O)(=O)c1cccc(Cl)c1. The predicted molar refractivity (Wildman–Crippen MR) is 88.7 cm³/mol. The molecule has 0 radical (unpaired) electrons. The lowest BCUT2D eigenvalue weighted by atomic mass is 10.2. The van der Waals surface area contributed by atoms with Crippen LogP contribution in [0, 0.1) is 0 Å². The molecule has 0 saturated carbocycles. The fourth-order valence-corrected chi connectivity index (χ4v) is 3.51. The van der Waals surface area contributed by atoms with Crippen LogP contribution in [-0.2, 0) is 17.1 Å². The molecule has 0 aliphatic carbocycles. The summed E-state index contributed by atoms with van der Waals surface area (Å²) >= 11 is 5.87. The van der Waals surface area contributed by atoms with Gasteiger partial charge in [-0.05, 0) is 30.3 Å². The number of nitrogens with zero attached hydrogens (tertiary/aromatic N) is 3. The summed E-state index contributed by atoms with van der Waals surface area (Å²) in [5.41, 5.74) is 1.06. The van der Waals surface area contributed by atoms with E-state index < -0.39 is 10.0 Å². The number of halogens is 1. The smallest absolute Gasteiger partial charge is 0.261 e. The van der Waals surface area contributed by atoms with Crippen molar-refractivity contribution in [3.63, 3.8) is 0 Å². The van der Waals surface area contributed by atoms with Crippen molar-refractivity contribution in [2.45, 2.75) is 4.90 Å². The van der Waals surface area contributed by atoms with Crippen molar-refractivity contribution < 1.29 is 8.42 Å². The molecule has 0 aliphatic heterocycles. The van der Waals surface area contributed by atoms with Crippen molar-refractivity contribution >= 4 is 27.3 Å². The van der Waals surface area contributed by atoms with Gasteiger partial charge >= 0.3 is 0 Å². The maximum absolute atomic E-state index is 12.5. The average molecular weight is 349 g/mol. The minimum atomic E-state index is -3.75. The van der Waals surface area contributed by atoms with Crippen LogP contribution in [0.2, 0.25) is 5.02 Å². The van der Waals surface area contributed by atoms with Gasteiger partial charge < -0.3 is 4.57 Å². The van der Waals surface area contributed by atoms with E-state index in [1.165, 1.54) is 12.1 Å². The first kappa shape index (κ1) is 15.5. The predicted octanol–water partition coefficient (Wildman–Crippen LogP) is 2.94. The summed E-state index contributed by atoms with van der Waals surface area (Å²) in [5.74, 6) is 0.564. The molecule has 0 bridgehead atoms. The molecule has 1 heterocycles. The summed E-state index contributed by atoms with van der Waals surface area (Å²) in [6.07, 6.45) is 1.55. The maximum atomic E-state index is 12.5. The molecule has 1 aromatic heterocycles. The van der Waals surface area contributed by atoms with E-state index in [4.69, 9.17) is 11.6 Å². The Kier molecular flexibility index (Phi) is 4.06. The van der Waals surface area contributed by atoms with E-state index >= 15 is 0 Å². The van der Waals surface area contributed by atoms with Crippen LogP contribution in [-0.4, -0.2) is 23.2 Å². The minimum absolute atomic E-state index is 0.0952. The second kappa shape index (κ2) is 6.02. The van der Waals surface area contributed by atoms with Gasteiger partial charge in [0.2, 0.25) is 0 Å². The Morgan fingerprint density at radius 2 is 1.91 bits per heavy atom. The third-order valence-electron chi connectivity index (χ3n) is 3.23. The molecule has 0 aliphatic rings. The molecule has 0 fully saturated rings. The highest BCUT2D eigenvalue weighted by Gasteiger charge is 2.18. The Labute approximate surface area is 138 Å². The summed E-state index contributed by atoms with van der Waals surface area (Å²) in [5, 5.41) is 8.20. The first-order valence-corrected chi connectivity index (χ1v) is 8.55. The zero-order valence-electron chi connectivity index (χ0n) is 12.1. The number of benzene rings is 2. The minimum Gasteiger partial charge on any atom is -0.317 e. The van der Waals surface area contributed by atoms with Crippen molar-refractivity contribution in [2.24, 2.45) is 7.05 Å². The number of aromatic nitrogens is 3. The van der Waals surface area contributed by atoms with E-state index in [1.807, 2.05) is 0 Å². The third-order valence-corrected chi connectivity index (χ3v) is 4.83. The number of para-hydroxylation sites is 1. The molecule has 0 atom stereocenters. The topological polar surface area (TPSA) is 76.9 Å². The van der Waals surface area contributed by atoms with Crippen LogP contribution >= 0.6 is 11.6 Å². The molecule has 0 saturated heterocycles. The normalized spacial score (nSPS) is 11.4. The molecule has 0 unspecified atom stereocenters. The molecule has 6 nitrogen and oxygen atoms in total. The van der Waals surface area contributed by atoms with Crippen molar-refractivity contribution in [3.8, 4) is 11.4 Å². The number of anilines is 1. The van der Waals surface area contributed by atoms with E-state index in [1.54, 1.807) is 54.3 Å². The molecular weight excluding hydrogens is 336 g/mol. The van der Waals surface area contributed by atoms with E-state index in [0.717, 1.165) is 0 Å². The van der Waals surface area contributed by atoms with Gasteiger partial charge in [-0.3, -0.25) is 4.72 Å². The van der Waals surface area contributed by atoms with Crippen molar-refractivity contribution in [2.75, 3.05) is 4.72 Å².